The second-order valence-corrected chi connectivity index (χ2v) is 6.74. The van der Waals surface area contributed by atoms with E-state index in [1.54, 1.807) is 24.3 Å². The lowest BCUT2D eigenvalue weighted by molar-refractivity contribution is -0.387. The Morgan fingerprint density at radius 1 is 1.04 bits per heavy atom. The van der Waals surface area contributed by atoms with Crippen LogP contribution in [0.4, 0.5) is 5.69 Å². The SMILES string of the molecule is NCCN(Cc1ccccc1)S(=O)(=O)c1ccccc1[N+](=O)[O-]. The maximum Gasteiger partial charge on any atom is 0.289 e. The smallest absolute Gasteiger partial charge is 0.289 e. The summed E-state index contributed by atoms with van der Waals surface area (Å²) in [6.07, 6.45) is 0. The van der Waals surface area contributed by atoms with Crippen LogP contribution in [0.2, 0.25) is 0 Å². The van der Waals surface area contributed by atoms with E-state index in [9.17, 15) is 18.5 Å². The van der Waals surface area contributed by atoms with Gasteiger partial charge in [-0.25, -0.2) is 8.42 Å². The fourth-order valence-electron chi connectivity index (χ4n) is 2.18. The summed E-state index contributed by atoms with van der Waals surface area (Å²) in [4.78, 5) is 10.1. The predicted molar refractivity (Wildman–Crippen MR) is 86.2 cm³/mol. The van der Waals surface area contributed by atoms with Crippen LogP contribution in [0.5, 0.6) is 0 Å². The molecule has 0 radical (unpaired) electrons. The molecule has 0 bridgehead atoms. The van der Waals surface area contributed by atoms with Gasteiger partial charge in [0.15, 0.2) is 4.90 Å². The molecule has 23 heavy (non-hydrogen) atoms. The molecule has 0 aliphatic heterocycles. The van der Waals surface area contributed by atoms with Crippen molar-refractivity contribution < 1.29 is 13.3 Å². The molecule has 0 heterocycles. The molecule has 0 fully saturated rings. The zero-order chi connectivity index (χ0) is 16.9. The maximum atomic E-state index is 12.8. The van der Waals surface area contributed by atoms with E-state index in [0.717, 1.165) is 9.87 Å². The molecule has 0 atom stereocenters. The molecule has 122 valence electrons. The summed E-state index contributed by atoms with van der Waals surface area (Å²) in [5, 5.41) is 11.1. The first kappa shape index (κ1) is 17.1. The summed E-state index contributed by atoms with van der Waals surface area (Å²) in [6.45, 7) is 0.294. The molecule has 0 spiro atoms. The van der Waals surface area contributed by atoms with Gasteiger partial charge in [0.2, 0.25) is 10.0 Å². The molecule has 2 aromatic carbocycles. The van der Waals surface area contributed by atoms with Gasteiger partial charge in [-0.05, 0) is 11.6 Å². The first-order valence-corrected chi connectivity index (χ1v) is 8.38. The van der Waals surface area contributed by atoms with Gasteiger partial charge in [0.25, 0.3) is 5.69 Å². The van der Waals surface area contributed by atoms with E-state index in [2.05, 4.69) is 0 Å². The van der Waals surface area contributed by atoms with Crippen LogP contribution in [0, 0.1) is 10.1 Å². The molecule has 0 aliphatic carbocycles. The molecule has 2 N–H and O–H groups in total. The van der Waals surface area contributed by atoms with Crippen molar-refractivity contribution in [3.63, 3.8) is 0 Å². The first-order chi connectivity index (χ1) is 11.0. The Balaban J connectivity index is 2.43. The molecule has 7 nitrogen and oxygen atoms in total. The van der Waals surface area contributed by atoms with Crippen molar-refractivity contribution in [2.45, 2.75) is 11.4 Å². The fourth-order valence-corrected chi connectivity index (χ4v) is 3.78. The van der Waals surface area contributed by atoms with E-state index < -0.39 is 20.6 Å². The molecule has 0 aliphatic rings. The van der Waals surface area contributed by atoms with Crippen molar-refractivity contribution in [3.05, 3.63) is 70.3 Å². The number of nitrogens with zero attached hydrogens (tertiary/aromatic N) is 2. The Bertz CT molecular complexity index is 778. The van der Waals surface area contributed by atoms with Crippen molar-refractivity contribution in [2.24, 2.45) is 5.73 Å². The second kappa shape index (κ2) is 7.32. The highest BCUT2D eigenvalue weighted by molar-refractivity contribution is 7.89. The van der Waals surface area contributed by atoms with Crippen LogP contribution in [0.3, 0.4) is 0 Å². The van der Waals surface area contributed by atoms with E-state index in [1.165, 1.54) is 24.3 Å². The van der Waals surface area contributed by atoms with E-state index in [0.29, 0.717) is 0 Å². The van der Waals surface area contributed by atoms with Crippen LogP contribution in [-0.4, -0.2) is 30.7 Å². The van der Waals surface area contributed by atoms with Crippen LogP contribution >= 0.6 is 0 Å². The Morgan fingerprint density at radius 2 is 1.65 bits per heavy atom. The summed E-state index contributed by atoms with van der Waals surface area (Å²) >= 11 is 0. The number of hydrogen-bond acceptors (Lipinski definition) is 5. The third kappa shape index (κ3) is 3.92. The van der Waals surface area contributed by atoms with Crippen molar-refractivity contribution >= 4 is 15.7 Å². The highest BCUT2D eigenvalue weighted by Crippen LogP contribution is 2.27. The van der Waals surface area contributed by atoms with E-state index in [4.69, 9.17) is 5.73 Å². The summed E-state index contributed by atoms with van der Waals surface area (Å²) in [5.74, 6) is 0. The van der Waals surface area contributed by atoms with Crippen LogP contribution < -0.4 is 5.73 Å². The highest BCUT2D eigenvalue weighted by atomic mass is 32.2. The molecular weight excluding hydrogens is 318 g/mol. The number of nitro groups is 1. The lowest BCUT2D eigenvalue weighted by Crippen LogP contribution is -2.35. The van der Waals surface area contributed by atoms with Gasteiger partial charge in [0, 0.05) is 25.7 Å². The average molecular weight is 335 g/mol. The lowest BCUT2D eigenvalue weighted by Gasteiger charge is -2.21. The van der Waals surface area contributed by atoms with Crippen molar-refractivity contribution in [3.8, 4) is 0 Å². The molecule has 0 aromatic heterocycles. The molecular formula is C15H17N3O4S. The van der Waals surface area contributed by atoms with E-state index >= 15 is 0 Å². The van der Waals surface area contributed by atoms with E-state index in [-0.39, 0.29) is 24.5 Å². The minimum absolute atomic E-state index is 0.0727. The summed E-state index contributed by atoms with van der Waals surface area (Å²) < 4.78 is 26.8. The Labute approximate surface area is 134 Å². The van der Waals surface area contributed by atoms with Gasteiger partial charge in [-0.3, -0.25) is 10.1 Å². The lowest BCUT2D eigenvalue weighted by atomic mass is 10.2. The highest BCUT2D eigenvalue weighted by Gasteiger charge is 2.30. The fraction of sp³-hybridized carbons (Fsp3) is 0.200. The third-order valence-electron chi connectivity index (χ3n) is 3.26. The number of para-hydroxylation sites is 1. The molecule has 0 unspecified atom stereocenters. The maximum absolute atomic E-state index is 12.8. The van der Waals surface area contributed by atoms with Crippen LogP contribution in [0.1, 0.15) is 5.56 Å². The Morgan fingerprint density at radius 3 is 2.26 bits per heavy atom. The van der Waals surface area contributed by atoms with Gasteiger partial charge >= 0.3 is 0 Å². The van der Waals surface area contributed by atoms with Crippen LogP contribution in [0.15, 0.2) is 59.5 Å². The normalized spacial score (nSPS) is 11.6. The number of benzene rings is 2. The molecule has 0 amide bonds. The summed E-state index contributed by atoms with van der Waals surface area (Å²) in [5.41, 5.74) is 5.85. The Hall–Kier alpha value is -2.29. The van der Waals surface area contributed by atoms with E-state index in [1.807, 2.05) is 6.07 Å². The van der Waals surface area contributed by atoms with Crippen molar-refractivity contribution in [2.75, 3.05) is 13.1 Å². The monoisotopic (exact) mass is 335 g/mol. The molecule has 0 saturated carbocycles. The van der Waals surface area contributed by atoms with Gasteiger partial charge in [0.1, 0.15) is 0 Å². The third-order valence-corrected chi connectivity index (χ3v) is 5.15. The predicted octanol–water partition coefficient (Wildman–Crippen LogP) is 1.74. The zero-order valence-corrected chi connectivity index (χ0v) is 13.1. The number of nitrogens with two attached hydrogens (primary N) is 1. The van der Waals surface area contributed by atoms with Gasteiger partial charge in [0.05, 0.1) is 4.92 Å². The van der Waals surface area contributed by atoms with Crippen molar-refractivity contribution in [1.82, 2.24) is 4.31 Å². The molecule has 2 aromatic rings. The summed E-state index contributed by atoms with van der Waals surface area (Å²) in [6, 6.07) is 14.3. The largest absolute Gasteiger partial charge is 0.329 e. The molecule has 0 saturated heterocycles. The van der Waals surface area contributed by atoms with Crippen LogP contribution in [0.25, 0.3) is 0 Å². The number of sulfonamides is 1. The Kier molecular flexibility index (Phi) is 5.43. The first-order valence-electron chi connectivity index (χ1n) is 6.94. The standard InChI is InChI=1S/C15H17N3O4S/c16-10-11-17(12-13-6-2-1-3-7-13)23(21,22)15-9-5-4-8-14(15)18(19)20/h1-9H,10-12,16H2. The van der Waals surface area contributed by atoms with Gasteiger partial charge in [-0.1, -0.05) is 42.5 Å². The topological polar surface area (TPSA) is 107 Å². The molecule has 8 heteroatoms. The van der Waals surface area contributed by atoms with Crippen LogP contribution in [-0.2, 0) is 16.6 Å². The van der Waals surface area contributed by atoms with Gasteiger partial charge < -0.3 is 5.73 Å². The minimum Gasteiger partial charge on any atom is -0.329 e. The quantitative estimate of drug-likeness (QED) is 0.613. The molecule has 2 rings (SSSR count). The number of nitro benzene ring substituents is 1. The van der Waals surface area contributed by atoms with Gasteiger partial charge in [-0.15, -0.1) is 0 Å². The average Bonchev–Trinajstić information content (AvgIpc) is 2.55. The minimum atomic E-state index is -4.03. The second-order valence-electron chi connectivity index (χ2n) is 4.84. The summed E-state index contributed by atoms with van der Waals surface area (Å²) in [7, 11) is -4.03. The van der Waals surface area contributed by atoms with Gasteiger partial charge in [-0.2, -0.15) is 4.31 Å². The number of rotatable bonds is 7. The zero-order valence-electron chi connectivity index (χ0n) is 12.3. The number of hydrogen-bond donors (Lipinski definition) is 1. The van der Waals surface area contributed by atoms with Crippen molar-refractivity contribution in [1.29, 1.82) is 0 Å².